The van der Waals surface area contributed by atoms with E-state index >= 15 is 0 Å². The highest BCUT2D eigenvalue weighted by Gasteiger charge is 2.60. The van der Waals surface area contributed by atoms with Gasteiger partial charge in [-0.25, -0.2) is 0 Å². The summed E-state index contributed by atoms with van der Waals surface area (Å²) >= 11 is 0. The van der Waals surface area contributed by atoms with Gasteiger partial charge < -0.3 is 9.80 Å². The minimum Gasteiger partial charge on any atom is -0.310 e. The summed E-state index contributed by atoms with van der Waals surface area (Å²) in [6.45, 7) is 0. The van der Waals surface area contributed by atoms with Crippen molar-refractivity contribution in [3.8, 4) is 66.8 Å². The van der Waals surface area contributed by atoms with E-state index in [1.54, 1.807) is 0 Å². The molecule has 17 rings (SSSR count). The van der Waals surface area contributed by atoms with Crippen LogP contribution in [0.15, 0.2) is 352 Å². The minimum atomic E-state index is -0.754. The Morgan fingerprint density at radius 3 is 0.865 bits per heavy atom. The van der Waals surface area contributed by atoms with Crippen LogP contribution in [0.3, 0.4) is 0 Å². The Morgan fingerprint density at radius 2 is 0.461 bits per heavy atom. The highest BCUT2D eigenvalue weighted by atomic mass is 15.2. The van der Waals surface area contributed by atoms with Gasteiger partial charge in [-0.2, -0.15) is 0 Å². The zero-order valence-corrected chi connectivity index (χ0v) is 48.4. The van der Waals surface area contributed by atoms with E-state index in [2.05, 4.69) is 362 Å². The van der Waals surface area contributed by atoms with Gasteiger partial charge in [-0.1, -0.05) is 299 Å². The van der Waals surface area contributed by atoms with Crippen LogP contribution in [0.5, 0.6) is 0 Å². The fraction of sp³-hybridized carbons (Fsp3) is 0.0345. The van der Waals surface area contributed by atoms with Crippen LogP contribution in [0, 0.1) is 0 Å². The molecule has 2 nitrogen and oxygen atoms in total. The van der Waals surface area contributed by atoms with Crippen LogP contribution in [-0.4, -0.2) is 0 Å². The minimum absolute atomic E-state index is 0. The molecule has 89 heavy (non-hydrogen) atoms. The summed E-state index contributed by atoms with van der Waals surface area (Å²) < 4.78 is 0. The van der Waals surface area contributed by atoms with Crippen LogP contribution in [0.2, 0.25) is 0 Å². The van der Waals surface area contributed by atoms with Crippen molar-refractivity contribution >= 4 is 34.1 Å². The molecular weight excluding hydrogens is 1070 g/mol. The molecular formula is C87H64N2. The number of nitrogens with zero attached hydrogens (tertiary/aromatic N) is 2. The molecule has 3 aliphatic rings. The lowest BCUT2D eigenvalue weighted by Gasteiger charge is -2.49. The van der Waals surface area contributed by atoms with Crippen molar-refractivity contribution < 1.29 is 1.43 Å². The van der Waals surface area contributed by atoms with Gasteiger partial charge in [-0.15, -0.1) is 0 Å². The molecule has 0 amide bonds. The van der Waals surface area contributed by atoms with Gasteiger partial charge in [0.05, 0.1) is 22.2 Å². The van der Waals surface area contributed by atoms with E-state index in [1.807, 2.05) is 0 Å². The van der Waals surface area contributed by atoms with Crippen LogP contribution in [0.1, 0.15) is 53.4 Å². The third kappa shape index (κ3) is 8.18. The molecule has 0 saturated heterocycles. The first-order valence-corrected chi connectivity index (χ1v) is 30.6. The van der Waals surface area contributed by atoms with Crippen LogP contribution < -0.4 is 9.80 Å². The molecule has 422 valence electrons. The van der Waals surface area contributed by atoms with Crippen molar-refractivity contribution in [2.75, 3.05) is 9.80 Å². The number of benzene rings is 14. The zero-order valence-electron chi connectivity index (χ0n) is 48.4. The second-order valence-electron chi connectivity index (χ2n) is 23.4. The van der Waals surface area contributed by atoms with Gasteiger partial charge in [0.2, 0.25) is 0 Å². The van der Waals surface area contributed by atoms with Crippen LogP contribution in [0.25, 0.3) is 66.8 Å². The van der Waals surface area contributed by atoms with E-state index in [-0.39, 0.29) is 8.85 Å². The van der Waals surface area contributed by atoms with Gasteiger partial charge in [0.15, 0.2) is 0 Å². The first-order valence-electron chi connectivity index (χ1n) is 30.6. The molecule has 2 heteroatoms. The molecule has 0 aromatic heterocycles. The average molecular weight is 1140 g/mol. The molecule has 0 aliphatic heterocycles. The van der Waals surface area contributed by atoms with Gasteiger partial charge >= 0.3 is 0 Å². The lowest BCUT2D eigenvalue weighted by atomic mass is 9.52. The summed E-state index contributed by atoms with van der Waals surface area (Å²) in [6.07, 6.45) is 0. The topological polar surface area (TPSA) is 6.48 Å². The predicted octanol–water partition coefficient (Wildman–Crippen LogP) is 23.2. The number of anilines is 6. The van der Waals surface area contributed by atoms with Crippen molar-refractivity contribution in [2.45, 2.75) is 18.3 Å². The Balaban J connectivity index is 0.00000338. The Kier molecular flexibility index (Phi) is 12.9. The zero-order chi connectivity index (χ0) is 58.2. The monoisotopic (exact) mass is 1140 g/mol. The lowest BCUT2D eigenvalue weighted by Crippen LogP contribution is -2.44. The van der Waals surface area contributed by atoms with Crippen molar-refractivity contribution in [3.05, 3.63) is 396 Å². The average Bonchev–Trinajstić information content (AvgIpc) is 1.42. The molecule has 0 N–H and O–H groups in total. The van der Waals surface area contributed by atoms with Crippen LogP contribution in [-0.2, 0) is 10.8 Å². The molecule has 14 aromatic rings. The lowest BCUT2D eigenvalue weighted by molar-refractivity contribution is 0.633. The second kappa shape index (κ2) is 21.6. The number of fused-ring (bicyclic) bond motifs is 16. The van der Waals surface area contributed by atoms with Crippen molar-refractivity contribution in [2.24, 2.45) is 0 Å². The summed E-state index contributed by atoms with van der Waals surface area (Å²) in [5, 5.41) is 0. The fourth-order valence-corrected chi connectivity index (χ4v) is 15.3. The highest BCUT2D eigenvalue weighted by Crippen LogP contribution is 2.70. The van der Waals surface area contributed by atoms with Gasteiger partial charge in [0.1, 0.15) is 0 Å². The fourth-order valence-electron chi connectivity index (χ4n) is 15.3. The summed E-state index contributed by atoms with van der Waals surface area (Å²) in [5.74, 6) is 0. The summed E-state index contributed by atoms with van der Waals surface area (Å²) in [5.41, 5.74) is 29.8. The molecule has 2 spiro atoms. The molecule has 0 heterocycles. The third-order valence-electron chi connectivity index (χ3n) is 19.0. The summed E-state index contributed by atoms with van der Waals surface area (Å²) in [7, 11) is 0. The molecule has 0 saturated carbocycles. The molecule has 14 aromatic carbocycles. The van der Waals surface area contributed by atoms with E-state index in [0.29, 0.717) is 0 Å². The molecule has 0 fully saturated rings. The van der Waals surface area contributed by atoms with E-state index in [1.165, 1.54) is 111 Å². The maximum atomic E-state index is 2.52. The van der Waals surface area contributed by atoms with Crippen LogP contribution in [0.4, 0.5) is 34.1 Å². The largest absolute Gasteiger partial charge is 0.310 e. The number of hydrogen-bond donors (Lipinski definition) is 0. The molecule has 0 unspecified atom stereocenters. The van der Waals surface area contributed by atoms with Gasteiger partial charge in [-0.05, 0) is 161 Å². The molecule has 0 atom stereocenters. The Hall–Kier alpha value is -11.3. The molecule has 0 bridgehead atoms. The first kappa shape index (κ1) is 53.2. The van der Waals surface area contributed by atoms with E-state index < -0.39 is 10.8 Å². The Labute approximate surface area is 523 Å². The maximum absolute atomic E-state index is 2.52. The van der Waals surface area contributed by atoms with Gasteiger partial charge in [0.25, 0.3) is 0 Å². The number of hydrogen-bond acceptors (Lipinski definition) is 2. The van der Waals surface area contributed by atoms with Crippen molar-refractivity contribution in [3.63, 3.8) is 0 Å². The third-order valence-corrected chi connectivity index (χ3v) is 19.0. The van der Waals surface area contributed by atoms with E-state index in [4.69, 9.17) is 0 Å². The van der Waals surface area contributed by atoms with E-state index in [9.17, 15) is 0 Å². The summed E-state index contributed by atoms with van der Waals surface area (Å²) in [6, 6.07) is 131. The van der Waals surface area contributed by atoms with Crippen LogP contribution >= 0.6 is 0 Å². The molecule has 3 aliphatic carbocycles. The van der Waals surface area contributed by atoms with E-state index in [0.717, 1.165) is 34.1 Å². The Morgan fingerprint density at radius 1 is 0.191 bits per heavy atom. The first-order chi connectivity index (χ1) is 43.7. The number of rotatable bonds is 10. The maximum Gasteiger partial charge on any atom is 0.0740 e. The standard InChI is InChI=1S/C86H58N2.CH4.H2/c1-5-23-59(24-6-1)63-43-51-67(52-44-63)87(68-53-45-64(46-54-68)60-25-7-2-8-26-60)81-41-22-40-80-83(81)73-32-14-16-35-75(73)85(80)76-36-17-19-38-78(76)86(79-39-20-18-37-77(79)85)74-34-15-13-31-71(74)72-33-21-42-82(84(72)86)88(69-55-47-65(48-56-69)61-27-9-3-10-28-61)70-57-49-66(50-58-70)62-29-11-4-12-30-62;;/h1-58H;1H4;1H. The van der Waals surface area contributed by atoms with Crippen molar-refractivity contribution in [1.82, 2.24) is 0 Å². The molecule has 0 radical (unpaired) electrons. The smallest absolute Gasteiger partial charge is 0.0740 e. The van der Waals surface area contributed by atoms with Gasteiger partial charge in [-0.3, -0.25) is 0 Å². The van der Waals surface area contributed by atoms with Crippen molar-refractivity contribution in [1.29, 1.82) is 0 Å². The quantitative estimate of drug-likeness (QED) is 0.135. The SMILES string of the molecule is C.[HH].c1ccc(-c2ccc(N(c3ccc(-c4ccccc4)cc3)c3cccc4c3-c3ccccc3C43c4ccccc4C4(c5ccccc5-c5cccc(N(c6ccc(-c7ccccc7)cc6)c6ccc(-c7ccccc7)cc6)c54)c4ccccc43)cc2)cc1. The Bertz CT molecular complexity index is 4710. The van der Waals surface area contributed by atoms with Gasteiger partial charge in [0, 0.05) is 35.3 Å². The second-order valence-corrected chi connectivity index (χ2v) is 23.4. The summed E-state index contributed by atoms with van der Waals surface area (Å²) in [4.78, 5) is 5.01. The normalized spacial score (nSPS) is 15.2. The highest BCUT2D eigenvalue weighted by molar-refractivity contribution is 6.02. The predicted molar refractivity (Wildman–Crippen MR) is 375 cm³/mol.